The number of hydrogen-bond acceptors (Lipinski definition) is 7. The van der Waals surface area contributed by atoms with Gasteiger partial charge in [0.25, 0.3) is 11.8 Å². The van der Waals surface area contributed by atoms with Crippen molar-refractivity contribution in [1.82, 2.24) is 9.88 Å². The van der Waals surface area contributed by atoms with Gasteiger partial charge in [-0.15, -0.1) is 0 Å². The molecule has 0 radical (unpaired) electrons. The molecule has 3 aromatic rings. The van der Waals surface area contributed by atoms with Gasteiger partial charge in [0.2, 0.25) is 0 Å². The van der Waals surface area contributed by atoms with Crippen LogP contribution in [0.1, 0.15) is 10.4 Å². The lowest BCUT2D eigenvalue weighted by atomic mass is 10.2. The number of benzene rings is 2. The van der Waals surface area contributed by atoms with Crippen molar-refractivity contribution in [3.63, 3.8) is 0 Å². The summed E-state index contributed by atoms with van der Waals surface area (Å²) in [6.07, 6.45) is 1.73. The molecule has 1 saturated heterocycles. The van der Waals surface area contributed by atoms with Crippen molar-refractivity contribution in [3.05, 3.63) is 60.3 Å². The summed E-state index contributed by atoms with van der Waals surface area (Å²) >= 11 is 1.40. The molecular formula is C23H23N3O5S. The molecule has 0 unspecified atom stereocenters. The fraction of sp³-hybridized carbons (Fsp3) is 0.261. The van der Waals surface area contributed by atoms with Gasteiger partial charge in [-0.25, -0.2) is 4.98 Å². The zero-order valence-corrected chi connectivity index (χ0v) is 18.4. The lowest BCUT2D eigenvalue weighted by molar-refractivity contribution is -0.137. The number of ether oxygens (including phenoxy) is 3. The Morgan fingerprint density at radius 1 is 1.12 bits per heavy atom. The molecule has 0 aliphatic carbocycles. The number of aromatic nitrogens is 1. The molecule has 0 atom stereocenters. The Bertz CT molecular complexity index is 1080. The molecule has 0 spiro atoms. The van der Waals surface area contributed by atoms with Crippen molar-refractivity contribution >= 4 is 28.3 Å². The summed E-state index contributed by atoms with van der Waals surface area (Å²) in [4.78, 5) is 31.9. The van der Waals surface area contributed by atoms with E-state index in [4.69, 9.17) is 14.2 Å². The summed E-state index contributed by atoms with van der Waals surface area (Å²) in [6.45, 7) is 2.07. The molecule has 1 aliphatic rings. The number of anilines is 1. The molecule has 2 heterocycles. The largest absolute Gasteiger partial charge is 0.493 e. The van der Waals surface area contributed by atoms with E-state index < -0.39 is 0 Å². The number of thiazole rings is 1. The lowest BCUT2D eigenvalue weighted by Gasteiger charge is -2.26. The van der Waals surface area contributed by atoms with Gasteiger partial charge in [0.1, 0.15) is 0 Å². The van der Waals surface area contributed by atoms with E-state index in [9.17, 15) is 9.59 Å². The van der Waals surface area contributed by atoms with Gasteiger partial charge in [0, 0.05) is 24.8 Å². The number of rotatable bonds is 7. The molecule has 0 saturated carbocycles. The Balaban J connectivity index is 1.39. The van der Waals surface area contributed by atoms with E-state index in [0.717, 1.165) is 10.4 Å². The number of nitrogens with zero attached hydrogens (tertiary/aromatic N) is 2. The highest BCUT2D eigenvalue weighted by Gasteiger charge is 2.19. The number of amides is 2. The molecule has 9 heteroatoms. The number of carbonyl (C=O) groups is 2. The standard InChI is InChI=1S/C23H23N3O5S/c1-29-19-13-17(7-8-18(19)31-15-21(27)26-9-11-30-12-10-26)22(28)25-23-24-14-20(32-23)16-5-3-2-4-6-16/h2-8,13-14H,9-12,15H2,1H3,(H,24,25,28). The first-order chi connectivity index (χ1) is 15.6. The maximum absolute atomic E-state index is 12.7. The first kappa shape index (κ1) is 21.8. The van der Waals surface area contributed by atoms with Gasteiger partial charge < -0.3 is 19.1 Å². The summed E-state index contributed by atoms with van der Waals surface area (Å²) < 4.78 is 16.3. The third-order valence-electron chi connectivity index (χ3n) is 4.93. The van der Waals surface area contributed by atoms with E-state index >= 15 is 0 Å². The summed E-state index contributed by atoms with van der Waals surface area (Å²) in [7, 11) is 1.49. The summed E-state index contributed by atoms with van der Waals surface area (Å²) in [5.41, 5.74) is 1.44. The lowest BCUT2D eigenvalue weighted by Crippen LogP contribution is -2.43. The van der Waals surface area contributed by atoms with Crippen molar-refractivity contribution < 1.29 is 23.8 Å². The smallest absolute Gasteiger partial charge is 0.260 e. The van der Waals surface area contributed by atoms with Gasteiger partial charge >= 0.3 is 0 Å². The summed E-state index contributed by atoms with van der Waals surface area (Å²) in [6, 6.07) is 14.7. The second-order valence-electron chi connectivity index (χ2n) is 7.00. The van der Waals surface area contributed by atoms with Crippen LogP contribution in [0.15, 0.2) is 54.7 Å². The van der Waals surface area contributed by atoms with E-state index in [0.29, 0.717) is 48.5 Å². The quantitative estimate of drug-likeness (QED) is 0.590. The van der Waals surface area contributed by atoms with Crippen LogP contribution in [0.3, 0.4) is 0 Å². The second kappa shape index (κ2) is 10.3. The van der Waals surface area contributed by atoms with Crippen molar-refractivity contribution in [2.45, 2.75) is 0 Å². The number of methoxy groups -OCH3 is 1. The number of morpholine rings is 1. The van der Waals surface area contributed by atoms with Crippen LogP contribution in [-0.4, -0.2) is 61.7 Å². The number of hydrogen-bond donors (Lipinski definition) is 1. The fourth-order valence-corrected chi connectivity index (χ4v) is 4.03. The second-order valence-corrected chi connectivity index (χ2v) is 8.03. The molecule has 1 aromatic heterocycles. The Labute approximate surface area is 189 Å². The van der Waals surface area contributed by atoms with Crippen LogP contribution in [-0.2, 0) is 9.53 Å². The minimum absolute atomic E-state index is 0.108. The topological polar surface area (TPSA) is 90.0 Å². The molecule has 2 aromatic carbocycles. The summed E-state index contributed by atoms with van der Waals surface area (Å²) in [5, 5.41) is 3.32. The van der Waals surface area contributed by atoms with Gasteiger partial charge in [0.05, 0.1) is 25.2 Å². The molecule has 2 amide bonds. The molecule has 1 aliphatic heterocycles. The van der Waals surface area contributed by atoms with Crippen molar-refractivity contribution in [3.8, 4) is 21.9 Å². The Morgan fingerprint density at radius 3 is 2.66 bits per heavy atom. The van der Waals surface area contributed by atoms with E-state index in [1.807, 2.05) is 30.3 Å². The highest BCUT2D eigenvalue weighted by Crippen LogP contribution is 2.31. The van der Waals surface area contributed by atoms with Gasteiger partial charge in [-0.05, 0) is 23.8 Å². The van der Waals surface area contributed by atoms with E-state index in [-0.39, 0.29) is 18.4 Å². The minimum Gasteiger partial charge on any atom is -0.493 e. The van der Waals surface area contributed by atoms with Gasteiger partial charge in [0.15, 0.2) is 23.2 Å². The molecule has 32 heavy (non-hydrogen) atoms. The van der Waals surface area contributed by atoms with Crippen LogP contribution in [0, 0.1) is 0 Å². The van der Waals surface area contributed by atoms with E-state index in [2.05, 4.69) is 10.3 Å². The number of nitrogens with one attached hydrogen (secondary N) is 1. The Morgan fingerprint density at radius 2 is 1.91 bits per heavy atom. The third kappa shape index (κ3) is 5.24. The van der Waals surface area contributed by atoms with E-state index in [1.165, 1.54) is 18.4 Å². The minimum atomic E-state index is -0.312. The third-order valence-corrected chi connectivity index (χ3v) is 5.89. The molecule has 166 valence electrons. The van der Waals surface area contributed by atoms with Crippen LogP contribution in [0.4, 0.5) is 5.13 Å². The van der Waals surface area contributed by atoms with Crippen molar-refractivity contribution in [2.24, 2.45) is 0 Å². The highest BCUT2D eigenvalue weighted by molar-refractivity contribution is 7.19. The van der Waals surface area contributed by atoms with Crippen molar-refractivity contribution in [2.75, 3.05) is 45.3 Å². The normalized spacial score (nSPS) is 13.5. The van der Waals surface area contributed by atoms with Gasteiger partial charge in [-0.1, -0.05) is 41.7 Å². The Hall–Kier alpha value is -3.43. The zero-order valence-electron chi connectivity index (χ0n) is 17.6. The maximum atomic E-state index is 12.7. The molecule has 8 nitrogen and oxygen atoms in total. The van der Waals surface area contributed by atoms with Crippen LogP contribution < -0.4 is 14.8 Å². The molecule has 1 N–H and O–H groups in total. The monoisotopic (exact) mass is 453 g/mol. The fourth-order valence-electron chi connectivity index (χ4n) is 3.21. The molecule has 0 bridgehead atoms. The van der Waals surface area contributed by atoms with Gasteiger partial charge in [-0.2, -0.15) is 0 Å². The molecule has 4 rings (SSSR count). The van der Waals surface area contributed by atoms with Crippen LogP contribution in [0.25, 0.3) is 10.4 Å². The first-order valence-corrected chi connectivity index (χ1v) is 10.9. The highest BCUT2D eigenvalue weighted by atomic mass is 32.1. The number of carbonyl (C=O) groups excluding carboxylic acids is 2. The van der Waals surface area contributed by atoms with Crippen LogP contribution in [0.5, 0.6) is 11.5 Å². The summed E-state index contributed by atoms with van der Waals surface area (Å²) in [5.74, 6) is 0.339. The predicted octanol–water partition coefficient (Wildman–Crippen LogP) is 3.31. The SMILES string of the molecule is COc1cc(C(=O)Nc2ncc(-c3ccccc3)s2)ccc1OCC(=O)N1CCOCC1. The molecule has 1 fully saturated rings. The van der Waals surface area contributed by atoms with Crippen LogP contribution >= 0.6 is 11.3 Å². The predicted molar refractivity (Wildman–Crippen MR) is 121 cm³/mol. The zero-order chi connectivity index (χ0) is 22.3. The average molecular weight is 454 g/mol. The molecular weight excluding hydrogens is 430 g/mol. The van der Waals surface area contributed by atoms with Crippen LogP contribution in [0.2, 0.25) is 0 Å². The maximum Gasteiger partial charge on any atom is 0.260 e. The average Bonchev–Trinajstić information content (AvgIpc) is 3.32. The first-order valence-electron chi connectivity index (χ1n) is 10.1. The Kier molecular flexibility index (Phi) is 6.98. The van der Waals surface area contributed by atoms with Gasteiger partial charge in [-0.3, -0.25) is 14.9 Å². The van der Waals surface area contributed by atoms with E-state index in [1.54, 1.807) is 29.3 Å². The van der Waals surface area contributed by atoms with Crippen molar-refractivity contribution in [1.29, 1.82) is 0 Å².